The number of aliphatic hydroxyl groups excluding tert-OH is 6. The van der Waals surface area contributed by atoms with Crippen LogP contribution in [0.2, 0.25) is 0 Å². The molecule has 240 valence electrons. The SMILES string of the molecule is COc1cc(-c2oc3cc(O)cc(O)c3c(=O)c2O[C@H]2O[C@@H](CO)[C@H](O)[C@@H](O)[C@@H]2O[C@H]2O[C@H](C)[C@@H](O)[C@H](O)[C@@H]2O)ccc1O. The lowest BCUT2D eigenvalue weighted by Crippen LogP contribution is -2.64. The molecule has 2 aliphatic heterocycles. The third kappa shape index (κ3) is 5.63. The number of phenols is 3. The fourth-order valence-corrected chi connectivity index (χ4v) is 5.08. The minimum absolute atomic E-state index is 0.0257. The monoisotopic (exact) mass is 624 g/mol. The second-order valence-corrected chi connectivity index (χ2v) is 10.4. The van der Waals surface area contributed by atoms with Crippen LogP contribution in [0.1, 0.15) is 6.92 Å². The lowest BCUT2D eigenvalue weighted by molar-refractivity contribution is -0.354. The van der Waals surface area contributed by atoms with E-state index in [9.17, 15) is 50.8 Å². The molecule has 9 N–H and O–H groups in total. The summed E-state index contributed by atoms with van der Waals surface area (Å²) in [6.45, 7) is 0.570. The highest BCUT2D eigenvalue weighted by Crippen LogP contribution is 2.40. The van der Waals surface area contributed by atoms with Crippen LogP contribution in [0.15, 0.2) is 39.5 Å². The number of rotatable bonds is 7. The van der Waals surface area contributed by atoms with E-state index in [4.69, 9.17) is 28.1 Å². The fraction of sp³-hybridized carbons (Fsp3) is 0.464. The van der Waals surface area contributed by atoms with E-state index in [0.717, 1.165) is 12.1 Å². The summed E-state index contributed by atoms with van der Waals surface area (Å²) in [6, 6.07) is 5.81. The number of aliphatic hydroxyl groups is 6. The van der Waals surface area contributed by atoms with Crippen molar-refractivity contribution >= 4 is 11.0 Å². The molecule has 3 heterocycles. The van der Waals surface area contributed by atoms with Gasteiger partial charge in [-0.05, 0) is 25.1 Å². The van der Waals surface area contributed by atoms with E-state index in [-0.39, 0.29) is 28.4 Å². The normalized spacial score (nSPS) is 32.5. The van der Waals surface area contributed by atoms with Crippen LogP contribution in [0.5, 0.6) is 28.7 Å². The largest absolute Gasteiger partial charge is 0.508 e. The minimum atomic E-state index is -1.89. The molecular formula is C28H32O16. The molecule has 3 aromatic rings. The summed E-state index contributed by atoms with van der Waals surface area (Å²) in [5.41, 5.74) is -1.15. The number of methoxy groups -OCH3 is 1. The molecule has 10 atom stereocenters. The third-order valence-electron chi connectivity index (χ3n) is 7.52. The molecule has 44 heavy (non-hydrogen) atoms. The first-order valence-corrected chi connectivity index (χ1v) is 13.4. The molecule has 5 rings (SSSR count). The van der Waals surface area contributed by atoms with E-state index in [2.05, 4.69) is 0 Å². The van der Waals surface area contributed by atoms with Crippen molar-refractivity contribution in [3.05, 3.63) is 40.6 Å². The van der Waals surface area contributed by atoms with E-state index < -0.39 is 96.1 Å². The summed E-state index contributed by atoms with van der Waals surface area (Å²) in [5.74, 6) is -2.34. The van der Waals surface area contributed by atoms with E-state index >= 15 is 0 Å². The summed E-state index contributed by atoms with van der Waals surface area (Å²) < 4.78 is 33.8. The van der Waals surface area contributed by atoms with Crippen molar-refractivity contribution in [1.29, 1.82) is 0 Å². The van der Waals surface area contributed by atoms with Gasteiger partial charge in [-0.3, -0.25) is 4.79 Å². The molecule has 0 bridgehead atoms. The molecule has 0 aliphatic carbocycles. The molecule has 2 aliphatic rings. The number of phenolic OH excluding ortho intramolecular Hbond substituents is 3. The summed E-state index contributed by atoms with van der Waals surface area (Å²) in [7, 11) is 1.28. The number of hydrogen-bond donors (Lipinski definition) is 9. The van der Waals surface area contributed by atoms with Crippen molar-refractivity contribution in [2.24, 2.45) is 0 Å². The van der Waals surface area contributed by atoms with E-state index in [1.54, 1.807) is 0 Å². The van der Waals surface area contributed by atoms with Crippen molar-refractivity contribution in [3.63, 3.8) is 0 Å². The quantitative estimate of drug-likeness (QED) is 0.147. The molecule has 16 heteroatoms. The van der Waals surface area contributed by atoms with Crippen LogP contribution >= 0.6 is 0 Å². The first-order chi connectivity index (χ1) is 20.9. The zero-order valence-corrected chi connectivity index (χ0v) is 23.3. The van der Waals surface area contributed by atoms with Crippen LogP contribution in [0.25, 0.3) is 22.3 Å². The topological polar surface area (TPSA) is 258 Å². The van der Waals surface area contributed by atoms with Gasteiger partial charge in [0.25, 0.3) is 0 Å². The summed E-state index contributed by atoms with van der Waals surface area (Å²) in [6.07, 6.45) is -16.5. The first kappa shape index (κ1) is 31.7. The second-order valence-electron chi connectivity index (χ2n) is 10.4. The highest BCUT2D eigenvalue weighted by Gasteiger charge is 2.51. The molecule has 2 aromatic carbocycles. The standard InChI is InChI=1S/C28H32O16/c1-9-18(33)21(36)23(38)27(40-9)44-26-22(37)19(34)16(8-29)42-28(26)43-25-20(35)17-13(32)6-11(30)7-15(17)41-24(25)10-3-4-12(31)14(5-10)39-2/h3-7,9,16,18-19,21-23,26-34,36-38H,8H2,1-2H3/t9-,16+,18-,19+,21+,22-,23+,26+,27-,28-/m1/s1. The lowest BCUT2D eigenvalue weighted by atomic mass is 9.97. The maximum Gasteiger partial charge on any atom is 0.239 e. The van der Waals surface area contributed by atoms with Gasteiger partial charge in [0.05, 0.1) is 19.8 Å². The maximum absolute atomic E-state index is 13.8. The van der Waals surface area contributed by atoms with Crippen molar-refractivity contribution in [3.8, 4) is 40.1 Å². The van der Waals surface area contributed by atoms with Crippen LogP contribution in [-0.4, -0.2) is 121 Å². The van der Waals surface area contributed by atoms with Gasteiger partial charge in [-0.2, -0.15) is 0 Å². The number of ether oxygens (including phenoxy) is 5. The first-order valence-electron chi connectivity index (χ1n) is 13.4. The predicted molar refractivity (Wildman–Crippen MR) is 145 cm³/mol. The Bertz CT molecular complexity index is 1560. The van der Waals surface area contributed by atoms with E-state index in [1.807, 2.05) is 0 Å². The lowest BCUT2D eigenvalue weighted by Gasteiger charge is -2.45. The molecule has 0 spiro atoms. The zero-order chi connectivity index (χ0) is 32.0. The smallest absolute Gasteiger partial charge is 0.239 e. The van der Waals surface area contributed by atoms with Crippen LogP contribution in [0.4, 0.5) is 0 Å². The van der Waals surface area contributed by atoms with E-state index in [0.29, 0.717) is 0 Å². The average Bonchev–Trinajstić information content (AvgIpc) is 2.99. The van der Waals surface area contributed by atoms with Gasteiger partial charge in [0.15, 0.2) is 29.7 Å². The van der Waals surface area contributed by atoms with Crippen LogP contribution in [0.3, 0.4) is 0 Å². The van der Waals surface area contributed by atoms with Gasteiger partial charge in [-0.25, -0.2) is 0 Å². The Hall–Kier alpha value is -3.71. The van der Waals surface area contributed by atoms with Crippen LogP contribution in [-0.2, 0) is 14.2 Å². The van der Waals surface area contributed by atoms with Crippen molar-refractivity contribution in [1.82, 2.24) is 0 Å². The van der Waals surface area contributed by atoms with Gasteiger partial charge in [0.2, 0.25) is 17.5 Å². The summed E-state index contributed by atoms with van der Waals surface area (Å²) in [4.78, 5) is 13.8. The molecular weight excluding hydrogens is 592 g/mol. The maximum atomic E-state index is 13.8. The van der Waals surface area contributed by atoms with Gasteiger partial charge >= 0.3 is 0 Å². The average molecular weight is 625 g/mol. The second kappa shape index (κ2) is 12.4. The Labute approximate surface area is 248 Å². The number of fused-ring (bicyclic) bond motifs is 1. The number of aromatic hydroxyl groups is 3. The van der Waals surface area contributed by atoms with Crippen LogP contribution in [0, 0.1) is 0 Å². The molecule has 2 fully saturated rings. The van der Waals surface area contributed by atoms with Gasteiger partial charge in [-0.15, -0.1) is 0 Å². The highest BCUT2D eigenvalue weighted by atomic mass is 16.8. The fourth-order valence-electron chi connectivity index (χ4n) is 5.08. The Morgan fingerprint density at radius 2 is 1.57 bits per heavy atom. The van der Waals surface area contributed by atoms with E-state index in [1.165, 1.54) is 32.2 Å². The molecule has 0 saturated carbocycles. The van der Waals surface area contributed by atoms with Crippen molar-refractivity contribution < 1.29 is 74.1 Å². The zero-order valence-electron chi connectivity index (χ0n) is 23.3. The summed E-state index contributed by atoms with van der Waals surface area (Å²) in [5, 5.41) is 92.3. The predicted octanol–water partition coefficient (Wildman–Crippen LogP) is -1.38. The molecule has 0 radical (unpaired) electrons. The Morgan fingerprint density at radius 3 is 2.25 bits per heavy atom. The van der Waals surface area contributed by atoms with Crippen molar-refractivity contribution in [2.75, 3.05) is 13.7 Å². The molecule has 16 nitrogen and oxygen atoms in total. The Morgan fingerprint density at radius 1 is 0.841 bits per heavy atom. The highest BCUT2D eigenvalue weighted by molar-refractivity contribution is 5.88. The Kier molecular flexibility index (Phi) is 8.90. The minimum Gasteiger partial charge on any atom is -0.508 e. The number of hydrogen-bond acceptors (Lipinski definition) is 16. The molecule has 2 saturated heterocycles. The number of benzene rings is 2. The van der Waals surface area contributed by atoms with Crippen LogP contribution < -0.4 is 14.9 Å². The van der Waals surface area contributed by atoms with Gasteiger partial charge in [0.1, 0.15) is 59.1 Å². The molecule has 0 amide bonds. The molecule has 0 unspecified atom stereocenters. The Balaban J connectivity index is 1.63. The van der Waals surface area contributed by atoms with Gasteiger partial charge in [0, 0.05) is 17.7 Å². The summed E-state index contributed by atoms with van der Waals surface area (Å²) >= 11 is 0. The van der Waals surface area contributed by atoms with Gasteiger partial charge < -0.3 is 74.1 Å². The third-order valence-corrected chi connectivity index (χ3v) is 7.52. The van der Waals surface area contributed by atoms with Gasteiger partial charge in [-0.1, -0.05) is 0 Å². The van der Waals surface area contributed by atoms with Crippen molar-refractivity contribution in [2.45, 2.75) is 68.3 Å². The molecule has 1 aromatic heterocycles.